The first-order valence-electron chi connectivity index (χ1n) is 5.69. The highest BCUT2D eigenvalue weighted by Crippen LogP contribution is 2.35. The van der Waals surface area contributed by atoms with E-state index in [1.165, 1.54) is 25.3 Å². The van der Waals surface area contributed by atoms with Gasteiger partial charge in [0.1, 0.15) is 10.7 Å². The quantitative estimate of drug-likeness (QED) is 0.844. The number of aromatic hydroxyl groups is 1. The van der Waals surface area contributed by atoms with E-state index in [4.69, 9.17) is 16.3 Å². The van der Waals surface area contributed by atoms with Gasteiger partial charge in [0.2, 0.25) is 0 Å². The van der Waals surface area contributed by atoms with Crippen molar-refractivity contribution in [2.24, 2.45) is 0 Å². The Morgan fingerprint density at radius 1 is 1.29 bits per heavy atom. The molecule has 0 saturated carbocycles. The second kappa shape index (κ2) is 5.79. The van der Waals surface area contributed by atoms with Gasteiger partial charge in [-0.05, 0) is 30.3 Å². The molecule has 0 spiro atoms. The Labute approximate surface area is 126 Å². The number of hydrogen-bond acceptors (Lipinski definition) is 4. The van der Waals surface area contributed by atoms with E-state index < -0.39 is 15.8 Å². The molecule has 112 valence electrons. The minimum Gasteiger partial charge on any atom is -0.503 e. The molecule has 0 saturated heterocycles. The van der Waals surface area contributed by atoms with Crippen molar-refractivity contribution in [3.63, 3.8) is 0 Å². The number of para-hydroxylation sites is 1. The number of benzene rings is 2. The van der Waals surface area contributed by atoms with Gasteiger partial charge in [0.25, 0.3) is 10.0 Å². The van der Waals surface area contributed by atoms with Gasteiger partial charge in [0.15, 0.2) is 11.5 Å². The smallest absolute Gasteiger partial charge is 0.263 e. The molecule has 0 bridgehead atoms. The third kappa shape index (κ3) is 3.20. The normalized spacial score (nSPS) is 11.2. The fourth-order valence-corrected chi connectivity index (χ4v) is 3.26. The second-order valence-corrected chi connectivity index (χ2v) is 6.09. The van der Waals surface area contributed by atoms with Gasteiger partial charge < -0.3 is 9.84 Å². The minimum atomic E-state index is -4.07. The molecule has 2 rings (SSSR count). The summed E-state index contributed by atoms with van der Waals surface area (Å²) in [6.07, 6.45) is 0. The van der Waals surface area contributed by atoms with Crippen LogP contribution in [0.3, 0.4) is 0 Å². The number of phenols is 1. The predicted molar refractivity (Wildman–Crippen MR) is 76.9 cm³/mol. The number of phenolic OH excluding ortho intramolecular Hbond substituents is 1. The van der Waals surface area contributed by atoms with Gasteiger partial charge in [-0.1, -0.05) is 17.7 Å². The van der Waals surface area contributed by atoms with Gasteiger partial charge in [-0.3, -0.25) is 4.72 Å². The number of methoxy groups -OCH3 is 1. The monoisotopic (exact) mass is 331 g/mol. The molecule has 0 unspecified atom stereocenters. The Morgan fingerprint density at radius 2 is 2.00 bits per heavy atom. The molecule has 0 aliphatic rings. The summed E-state index contributed by atoms with van der Waals surface area (Å²) in [4.78, 5) is -0.298. The fourth-order valence-electron chi connectivity index (χ4n) is 1.66. The highest BCUT2D eigenvalue weighted by molar-refractivity contribution is 7.92. The average Bonchev–Trinajstić information content (AvgIpc) is 2.40. The summed E-state index contributed by atoms with van der Waals surface area (Å²) in [6.45, 7) is 0. The summed E-state index contributed by atoms with van der Waals surface area (Å²) < 4.78 is 44.5. The van der Waals surface area contributed by atoms with Crippen LogP contribution in [0, 0.1) is 5.82 Å². The lowest BCUT2D eigenvalue weighted by Gasteiger charge is -2.12. The molecule has 2 N–H and O–H groups in total. The van der Waals surface area contributed by atoms with Crippen LogP contribution in [0.5, 0.6) is 11.5 Å². The number of nitrogens with one attached hydrogen (secondary N) is 1. The maximum atomic E-state index is 13.0. The first kappa shape index (κ1) is 15.4. The average molecular weight is 332 g/mol. The summed E-state index contributed by atoms with van der Waals surface area (Å²) in [5.41, 5.74) is -0.0743. The molecule has 5 nitrogen and oxygen atoms in total. The van der Waals surface area contributed by atoms with Gasteiger partial charge in [0.05, 0.1) is 17.8 Å². The van der Waals surface area contributed by atoms with E-state index in [1.54, 1.807) is 0 Å². The van der Waals surface area contributed by atoms with Crippen LogP contribution in [0.2, 0.25) is 5.02 Å². The maximum Gasteiger partial charge on any atom is 0.263 e. The molecule has 0 aliphatic carbocycles. The van der Waals surface area contributed by atoms with E-state index in [2.05, 4.69) is 4.72 Å². The van der Waals surface area contributed by atoms with Crippen LogP contribution in [-0.2, 0) is 10.0 Å². The maximum absolute atomic E-state index is 13.0. The lowest BCUT2D eigenvalue weighted by Crippen LogP contribution is -2.13. The molecule has 21 heavy (non-hydrogen) atoms. The van der Waals surface area contributed by atoms with Gasteiger partial charge >= 0.3 is 0 Å². The number of ether oxygens (including phenoxy) is 1. The zero-order chi connectivity index (χ0) is 15.6. The first-order chi connectivity index (χ1) is 9.85. The molecule has 0 heterocycles. The van der Waals surface area contributed by atoms with Crippen molar-refractivity contribution in [3.05, 3.63) is 47.2 Å². The zero-order valence-electron chi connectivity index (χ0n) is 10.8. The van der Waals surface area contributed by atoms with E-state index in [1.807, 2.05) is 0 Å². The van der Waals surface area contributed by atoms with Gasteiger partial charge in [0, 0.05) is 0 Å². The number of halogens is 2. The molecular weight excluding hydrogens is 321 g/mol. The predicted octanol–water partition coefficient (Wildman–Crippen LogP) is 2.99. The van der Waals surface area contributed by atoms with Crippen LogP contribution in [0.25, 0.3) is 0 Å². The number of hydrogen-bond donors (Lipinski definition) is 2. The molecule has 8 heteroatoms. The topological polar surface area (TPSA) is 75.6 Å². The largest absolute Gasteiger partial charge is 0.503 e. The minimum absolute atomic E-state index is 0.0743. The van der Waals surface area contributed by atoms with E-state index in [9.17, 15) is 17.9 Å². The molecular formula is C13H11ClFNO4S. The molecule has 2 aromatic carbocycles. The highest BCUT2D eigenvalue weighted by atomic mass is 35.5. The van der Waals surface area contributed by atoms with Crippen molar-refractivity contribution >= 4 is 27.3 Å². The highest BCUT2D eigenvalue weighted by Gasteiger charge is 2.20. The Kier molecular flexibility index (Phi) is 4.24. The molecule has 0 fully saturated rings. The van der Waals surface area contributed by atoms with Gasteiger partial charge in [-0.25, -0.2) is 12.8 Å². The summed E-state index contributed by atoms with van der Waals surface area (Å²) in [6, 6.07) is 7.23. The van der Waals surface area contributed by atoms with Crippen LogP contribution < -0.4 is 9.46 Å². The zero-order valence-corrected chi connectivity index (χ0v) is 12.4. The van der Waals surface area contributed by atoms with Crippen LogP contribution in [0.4, 0.5) is 10.1 Å². The van der Waals surface area contributed by atoms with E-state index >= 15 is 0 Å². The van der Waals surface area contributed by atoms with Crippen molar-refractivity contribution < 1.29 is 22.7 Å². The van der Waals surface area contributed by atoms with Crippen LogP contribution in [-0.4, -0.2) is 20.6 Å². The Balaban J connectivity index is 2.42. The summed E-state index contributed by atoms with van der Waals surface area (Å²) >= 11 is 5.73. The third-order valence-electron chi connectivity index (χ3n) is 2.65. The molecule has 0 aromatic heterocycles. The summed E-state index contributed by atoms with van der Waals surface area (Å²) in [5.74, 6) is -0.898. The van der Waals surface area contributed by atoms with Crippen molar-refractivity contribution in [1.29, 1.82) is 0 Å². The Bertz CT molecular complexity index is 780. The Hall–Kier alpha value is -1.99. The van der Waals surface area contributed by atoms with E-state index in [0.717, 1.165) is 18.2 Å². The van der Waals surface area contributed by atoms with E-state index in [0.29, 0.717) is 0 Å². The first-order valence-corrected chi connectivity index (χ1v) is 7.55. The summed E-state index contributed by atoms with van der Waals surface area (Å²) in [5, 5.41) is 9.61. The lowest BCUT2D eigenvalue weighted by molar-refractivity contribution is 0.375. The third-order valence-corrected chi connectivity index (χ3v) is 4.50. The lowest BCUT2D eigenvalue weighted by atomic mass is 10.3. The van der Waals surface area contributed by atoms with Crippen LogP contribution in [0.1, 0.15) is 0 Å². The number of rotatable bonds is 4. The van der Waals surface area contributed by atoms with Gasteiger partial charge in [-0.15, -0.1) is 0 Å². The molecule has 2 aromatic rings. The number of anilines is 1. The van der Waals surface area contributed by atoms with Gasteiger partial charge in [-0.2, -0.15) is 0 Å². The molecule has 0 amide bonds. The van der Waals surface area contributed by atoms with Crippen molar-refractivity contribution in [3.8, 4) is 11.5 Å². The SMILES string of the molecule is COc1cccc(NS(=O)(=O)c2ccc(F)cc2Cl)c1O. The molecule has 0 aliphatic heterocycles. The fraction of sp³-hybridized carbons (Fsp3) is 0.0769. The standard InChI is InChI=1S/C13H11ClFNO4S/c1-20-11-4-2-3-10(13(11)17)16-21(18,19)12-6-5-8(15)7-9(12)14/h2-7,16-17H,1H3. The van der Waals surface area contributed by atoms with Crippen molar-refractivity contribution in [2.45, 2.75) is 4.90 Å². The number of sulfonamides is 1. The Morgan fingerprint density at radius 3 is 2.62 bits per heavy atom. The van der Waals surface area contributed by atoms with E-state index in [-0.39, 0.29) is 27.1 Å². The summed E-state index contributed by atoms with van der Waals surface area (Å²) in [7, 11) is -2.73. The van der Waals surface area contributed by atoms with Crippen LogP contribution in [0.15, 0.2) is 41.3 Å². The molecule has 0 atom stereocenters. The second-order valence-electron chi connectivity index (χ2n) is 4.04. The van der Waals surface area contributed by atoms with Crippen molar-refractivity contribution in [1.82, 2.24) is 0 Å². The van der Waals surface area contributed by atoms with Crippen LogP contribution >= 0.6 is 11.6 Å². The van der Waals surface area contributed by atoms with Crippen molar-refractivity contribution in [2.75, 3.05) is 11.8 Å². The molecule has 0 radical (unpaired) electrons.